The van der Waals surface area contributed by atoms with Crippen molar-refractivity contribution in [3.8, 4) is 0 Å². The lowest BCUT2D eigenvalue weighted by molar-refractivity contribution is -0.128. The van der Waals surface area contributed by atoms with E-state index in [9.17, 15) is 0 Å². The molecule has 0 amide bonds. The molecule has 0 saturated carbocycles. The average Bonchev–Trinajstić information content (AvgIpc) is 2.49. The molecule has 1 aliphatic heterocycles. The minimum absolute atomic E-state index is 0.163. The fraction of sp³-hybridized carbons (Fsp3) is 0.643. The summed E-state index contributed by atoms with van der Waals surface area (Å²) in [6.07, 6.45) is 6.95. The standard InChI is InChI=1S/C14H23N2O3PS/c1-3-17-20(21,18-4-2)19-16-11-6-5-9-14(16)13-8-7-10-15-12-13/h7-8,10,12,14H,3-6,9,11H2,1-2H3. The van der Waals surface area contributed by atoms with Crippen LogP contribution in [-0.2, 0) is 25.5 Å². The number of hydrogen-bond acceptors (Lipinski definition) is 6. The summed E-state index contributed by atoms with van der Waals surface area (Å²) in [5, 5.41) is 1.94. The highest BCUT2D eigenvalue weighted by Gasteiger charge is 2.31. The highest BCUT2D eigenvalue weighted by Crippen LogP contribution is 2.52. The third-order valence-corrected chi connectivity index (χ3v) is 5.69. The van der Waals surface area contributed by atoms with E-state index in [0.717, 1.165) is 24.9 Å². The Balaban J connectivity index is 2.13. The molecule has 0 bridgehead atoms. The fourth-order valence-electron chi connectivity index (χ4n) is 2.44. The summed E-state index contributed by atoms with van der Waals surface area (Å²) < 4.78 is 17.2. The predicted molar refractivity (Wildman–Crippen MR) is 86.2 cm³/mol. The Morgan fingerprint density at radius 1 is 1.33 bits per heavy atom. The highest BCUT2D eigenvalue weighted by atomic mass is 32.5. The molecule has 1 aromatic heterocycles. The monoisotopic (exact) mass is 330 g/mol. The van der Waals surface area contributed by atoms with Gasteiger partial charge in [-0.1, -0.05) is 12.5 Å². The minimum atomic E-state index is -2.71. The van der Waals surface area contributed by atoms with Crippen molar-refractivity contribution in [2.24, 2.45) is 0 Å². The predicted octanol–water partition coefficient (Wildman–Crippen LogP) is 3.84. The van der Waals surface area contributed by atoms with Gasteiger partial charge in [-0.05, 0) is 50.1 Å². The van der Waals surface area contributed by atoms with Crippen LogP contribution in [0.4, 0.5) is 0 Å². The molecule has 0 aliphatic carbocycles. The molecule has 5 nitrogen and oxygen atoms in total. The summed E-state index contributed by atoms with van der Waals surface area (Å²) >= 11 is 5.47. The molecular formula is C14H23N2O3PS. The van der Waals surface area contributed by atoms with E-state index in [2.05, 4.69) is 11.1 Å². The molecule has 1 unspecified atom stereocenters. The first kappa shape index (κ1) is 17.0. The van der Waals surface area contributed by atoms with Crippen molar-refractivity contribution < 1.29 is 13.7 Å². The highest BCUT2D eigenvalue weighted by molar-refractivity contribution is 8.07. The first-order valence-corrected chi connectivity index (χ1v) is 9.99. The maximum atomic E-state index is 6.01. The third-order valence-electron chi connectivity index (χ3n) is 3.30. The van der Waals surface area contributed by atoms with E-state index in [1.54, 1.807) is 6.20 Å². The van der Waals surface area contributed by atoms with Crippen molar-refractivity contribution in [2.45, 2.75) is 39.2 Å². The zero-order chi connectivity index (χ0) is 15.1. The summed E-state index contributed by atoms with van der Waals surface area (Å²) in [5.74, 6) is 0. The van der Waals surface area contributed by atoms with Gasteiger partial charge in [0.05, 0.1) is 19.3 Å². The lowest BCUT2D eigenvalue weighted by Gasteiger charge is -2.37. The van der Waals surface area contributed by atoms with Crippen LogP contribution in [0, 0.1) is 0 Å². The molecular weight excluding hydrogens is 307 g/mol. The lowest BCUT2D eigenvalue weighted by atomic mass is 9.99. The van der Waals surface area contributed by atoms with E-state index < -0.39 is 6.72 Å². The Hall–Kier alpha value is -0.360. The zero-order valence-electron chi connectivity index (χ0n) is 12.6. The molecule has 21 heavy (non-hydrogen) atoms. The third kappa shape index (κ3) is 4.81. The molecule has 2 rings (SSSR count). The van der Waals surface area contributed by atoms with E-state index in [1.165, 1.54) is 6.42 Å². The first-order valence-electron chi connectivity index (χ1n) is 7.44. The maximum absolute atomic E-state index is 6.01. The van der Waals surface area contributed by atoms with Crippen LogP contribution in [0.25, 0.3) is 0 Å². The van der Waals surface area contributed by atoms with Crippen LogP contribution < -0.4 is 0 Å². The maximum Gasteiger partial charge on any atom is 0.344 e. The molecule has 1 aromatic rings. The van der Waals surface area contributed by atoms with Gasteiger partial charge in [0.15, 0.2) is 0 Å². The van der Waals surface area contributed by atoms with Gasteiger partial charge in [0.25, 0.3) is 0 Å². The first-order chi connectivity index (χ1) is 10.2. The van der Waals surface area contributed by atoms with Crippen LogP contribution in [0.3, 0.4) is 0 Å². The van der Waals surface area contributed by atoms with Crippen molar-refractivity contribution in [3.05, 3.63) is 30.1 Å². The Labute approximate surface area is 131 Å². The molecule has 0 aromatic carbocycles. The Morgan fingerprint density at radius 3 is 2.71 bits per heavy atom. The van der Waals surface area contributed by atoms with Crippen molar-refractivity contribution in [1.82, 2.24) is 10.0 Å². The van der Waals surface area contributed by atoms with Crippen molar-refractivity contribution in [3.63, 3.8) is 0 Å². The molecule has 1 aliphatic rings. The van der Waals surface area contributed by atoms with Crippen LogP contribution in [0.2, 0.25) is 0 Å². The van der Waals surface area contributed by atoms with Crippen LogP contribution in [0.5, 0.6) is 0 Å². The molecule has 0 spiro atoms. The van der Waals surface area contributed by atoms with Gasteiger partial charge < -0.3 is 9.05 Å². The van der Waals surface area contributed by atoms with Crippen molar-refractivity contribution >= 4 is 18.5 Å². The molecule has 1 atom stereocenters. The normalized spacial score (nSPS) is 20.6. The van der Waals surface area contributed by atoms with E-state index in [1.807, 2.05) is 31.2 Å². The number of rotatable bonds is 7. The molecule has 0 radical (unpaired) electrons. The second-order valence-electron chi connectivity index (χ2n) is 4.80. The van der Waals surface area contributed by atoms with Gasteiger partial charge in [-0.3, -0.25) is 4.98 Å². The molecule has 7 heteroatoms. The van der Waals surface area contributed by atoms with E-state index in [0.29, 0.717) is 13.2 Å². The van der Waals surface area contributed by atoms with Crippen LogP contribution in [-0.4, -0.2) is 29.8 Å². The molecule has 1 saturated heterocycles. The van der Waals surface area contributed by atoms with Crippen LogP contribution >= 0.6 is 6.72 Å². The van der Waals surface area contributed by atoms with Gasteiger partial charge in [-0.15, -0.1) is 0 Å². The number of piperidine rings is 1. The minimum Gasteiger partial charge on any atom is -0.308 e. The SMILES string of the molecule is CCOP(=S)(OCC)ON1CCCCC1c1cccnc1. The number of aromatic nitrogens is 1. The second kappa shape index (κ2) is 8.32. The van der Waals surface area contributed by atoms with E-state index >= 15 is 0 Å². The summed E-state index contributed by atoms with van der Waals surface area (Å²) in [7, 11) is 0. The molecule has 0 N–H and O–H groups in total. The fourth-order valence-corrected chi connectivity index (χ4v) is 4.58. The number of pyridine rings is 1. The van der Waals surface area contributed by atoms with Gasteiger partial charge >= 0.3 is 6.72 Å². The van der Waals surface area contributed by atoms with Gasteiger partial charge in [-0.2, -0.15) is 5.06 Å². The second-order valence-corrected chi connectivity index (χ2v) is 7.72. The largest absolute Gasteiger partial charge is 0.344 e. The quantitative estimate of drug-likeness (QED) is 0.708. The van der Waals surface area contributed by atoms with Gasteiger partial charge in [0.1, 0.15) is 0 Å². The number of hydrogen-bond donors (Lipinski definition) is 0. The smallest absolute Gasteiger partial charge is 0.308 e. The van der Waals surface area contributed by atoms with Crippen molar-refractivity contribution in [1.29, 1.82) is 0 Å². The molecule has 2 heterocycles. The van der Waals surface area contributed by atoms with Gasteiger partial charge in [-0.25, -0.2) is 4.62 Å². The van der Waals surface area contributed by atoms with Crippen LogP contribution in [0.15, 0.2) is 24.5 Å². The Kier molecular flexibility index (Phi) is 6.74. The van der Waals surface area contributed by atoms with Crippen molar-refractivity contribution in [2.75, 3.05) is 19.8 Å². The molecule has 1 fully saturated rings. The number of hydroxylamine groups is 2. The summed E-state index contributed by atoms with van der Waals surface area (Å²) in [6, 6.07) is 4.18. The van der Waals surface area contributed by atoms with E-state index in [-0.39, 0.29) is 6.04 Å². The summed E-state index contributed by atoms with van der Waals surface area (Å²) in [4.78, 5) is 4.20. The summed E-state index contributed by atoms with van der Waals surface area (Å²) in [5.41, 5.74) is 1.15. The Morgan fingerprint density at radius 2 is 2.10 bits per heavy atom. The van der Waals surface area contributed by atoms with Gasteiger partial charge in [0.2, 0.25) is 0 Å². The van der Waals surface area contributed by atoms with E-state index in [4.69, 9.17) is 25.5 Å². The molecule has 118 valence electrons. The topological polar surface area (TPSA) is 43.8 Å². The Bertz CT molecular complexity index is 465. The average molecular weight is 330 g/mol. The van der Waals surface area contributed by atoms with Crippen LogP contribution in [0.1, 0.15) is 44.7 Å². The zero-order valence-corrected chi connectivity index (χ0v) is 14.3. The number of nitrogens with zero attached hydrogens (tertiary/aromatic N) is 2. The van der Waals surface area contributed by atoms with Gasteiger partial charge in [0, 0.05) is 18.9 Å². The lowest BCUT2D eigenvalue weighted by Crippen LogP contribution is -2.33. The summed E-state index contributed by atoms with van der Waals surface area (Å²) in [6.45, 7) is 2.90.